The molecule has 2 aliphatic heterocycles. The van der Waals surface area contributed by atoms with Gasteiger partial charge in [-0.1, -0.05) is 168 Å². The number of unbranched alkanes of at least 4 members (excludes halogenated alkanes) is 24. The normalized spacial score (nSPS) is 15.1. The molecule has 0 amide bonds. The van der Waals surface area contributed by atoms with Gasteiger partial charge in [-0.2, -0.15) is 0 Å². The summed E-state index contributed by atoms with van der Waals surface area (Å²) in [6, 6.07) is 0. The molecule has 0 aromatic rings. The summed E-state index contributed by atoms with van der Waals surface area (Å²) in [4.78, 5) is 29.6. The number of piperidine rings is 2. The molecule has 12 nitrogen and oxygen atoms in total. The topological polar surface area (TPSA) is 120 Å². The van der Waals surface area contributed by atoms with Crippen molar-refractivity contribution in [3.63, 3.8) is 0 Å². The molecule has 0 spiro atoms. The molecule has 2 unspecified atom stereocenters. The van der Waals surface area contributed by atoms with Crippen molar-refractivity contribution < 1.29 is 38.0 Å². The van der Waals surface area contributed by atoms with Gasteiger partial charge in [0.1, 0.15) is 0 Å². The molecular weight excluding hydrogens is 969 g/mol. The van der Waals surface area contributed by atoms with Gasteiger partial charge in [0, 0.05) is 39.1 Å². The van der Waals surface area contributed by atoms with Gasteiger partial charge in [-0.15, -0.1) is 0 Å². The van der Waals surface area contributed by atoms with E-state index in [0.29, 0.717) is 62.8 Å². The first-order valence-electron chi connectivity index (χ1n) is 31.2. The first-order chi connectivity index (χ1) is 36.4. The fourth-order valence-electron chi connectivity index (χ4n) is 9.89. The number of nitrogens with zero attached hydrogens (tertiary/aromatic N) is 2. The highest BCUT2D eigenvalue weighted by Crippen LogP contribution is 2.16. The number of hydrogen-bond acceptors (Lipinski definition) is 12. The lowest BCUT2D eigenvalue weighted by atomic mass is 10.1. The minimum absolute atomic E-state index is 0.0516. The molecule has 2 aliphatic rings. The van der Waals surface area contributed by atoms with Crippen LogP contribution in [0.2, 0.25) is 0 Å². The number of carbonyl (C=O) groups is 2. The minimum atomic E-state index is -0.529. The maximum absolute atomic E-state index is 12.2. The van der Waals surface area contributed by atoms with Crippen LogP contribution < -0.4 is 10.6 Å². The molecule has 2 fully saturated rings. The molecule has 2 heterocycles. The van der Waals surface area contributed by atoms with Crippen LogP contribution in [0.25, 0.3) is 0 Å². The van der Waals surface area contributed by atoms with E-state index in [1.54, 1.807) is 0 Å². The van der Waals surface area contributed by atoms with E-state index in [4.69, 9.17) is 52.9 Å². The Morgan fingerprint density at radius 2 is 0.716 bits per heavy atom. The summed E-state index contributed by atoms with van der Waals surface area (Å²) in [5.74, 6) is -0.103. The average molecular weight is 1080 g/mol. The van der Waals surface area contributed by atoms with Crippen molar-refractivity contribution in [1.29, 1.82) is 0 Å². The number of hydrogen-bond donors (Lipinski definition) is 2. The molecule has 434 valence electrons. The van der Waals surface area contributed by atoms with E-state index in [9.17, 15) is 9.59 Å². The van der Waals surface area contributed by atoms with Crippen LogP contribution in [-0.2, 0) is 38.0 Å². The van der Waals surface area contributed by atoms with E-state index in [1.807, 2.05) is 0 Å². The minimum Gasteiger partial charge on any atom is -0.466 e. The lowest BCUT2D eigenvalue weighted by molar-refractivity contribution is -0.144. The van der Waals surface area contributed by atoms with Crippen LogP contribution in [0.15, 0.2) is 0 Å². The van der Waals surface area contributed by atoms with E-state index < -0.39 is 12.2 Å². The lowest BCUT2D eigenvalue weighted by Crippen LogP contribution is -2.45. The van der Waals surface area contributed by atoms with Gasteiger partial charge in [-0.25, -0.2) is 0 Å². The molecule has 2 rings (SSSR count). The van der Waals surface area contributed by atoms with E-state index in [0.717, 1.165) is 129 Å². The second kappa shape index (κ2) is 51.9. The molecule has 0 aromatic carbocycles. The third-order valence-corrected chi connectivity index (χ3v) is 15.1. The summed E-state index contributed by atoms with van der Waals surface area (Å²) >= 11 is 11.6. The molecule has 2 saturated heterocycles. The summed E-state index contributed by atoms with van der Waals surface area (Å²) in [6.07, 6.45) is 42.1. The van der Waals surface area contributed by atoms with Gasteiger partial charge >= 0.3 is 11.9 Å². The Morgan fingerprint density at radius 3 is 1.07 bits per heavy atom. The predicted octanol–water partition coefficient (Wildman–Crippen LogP) is 14.1. The molecule has 14 heteroatoms. The second-order valence-electron chi connectivity index (χ2n) is 21.5. The number of nitrogens with one attached hydrogen (secondary N) is 2. The quantitative estimate of drug-likeness (QED) is 0.0342. The smallest absolute Gasteiger partial charge is 0.305 e. The zero-order valence-electron chi connectivity index (χ0n) is 47.9. The number of likely N-dealkylation sites (tertiary alicyclic amines) is 2. The van der Waals surface area contributed by atoms with Gasteiger partial charge in [0.2, 0.25) is 0 Å². The van der Waals surface area contributed by atoms with Crippen molar-refractivity contribution in [2.75, 3.05) is 92.0 Å². The number of ether oxygens (including phenoxy) is 6. The summed E-state index contributed by atoms with van der Waals surface area (Å²) in [5, 5.41) is 7.39. The Labute approximate surface area is 465 Å². The molecule has 0 bridgehead atoms. The highest BCUT2D eigenvalue weighted by molar-refractivity contribution is 7.80. The maximum atomic E-state index is 12.2. The zero-order chi connectivity index (χ0) is 53.0. The number of carbonyl (C=O) groups excluding carboxylic acids is 2. The van der Waals surface area contributed by atoms with Crippen molar-refractivity contribution in [3.05, 3.63) is 0 Å². The molecular formula is C60H114N4O8S2. The maximum Gasteiger partial charge on any atom is 0.305 e. The van der Waals surface area contributed by atoms with E-state index in [-0.39, 0.29) is 11.9 Å². The molecule has 2 N–H and O–H groups in total. The average Bonchev–Trinajstić information content (AvgIpc) is 3.41. The van der Waals surface area contributed by atoms with Crippen LogP contribution in [0, 0.1) is 0 Å². The third-order valence-electron chi connectivity index (χ3n) is 14.6. The fourth-order valence-corrected chi connectivity index (χ4v) is 10.3. The van der Waals surface area contributed by atoms with Crippen molar-refractivity contribution in [2.45, 2.75) is 270 Å². The summed E-state index contributed by atoms with van der Waals surface area (Å²) in [7, 11) is 0. The lowest BCUT2D eigenvalue weighted by Gasteiger charge is -2.29. The highest BCUT2D eigenvalue weighted by Gasteiger charge is 2.28. The molecule has 2 atom stereocenters. The summed E-state index contributed by atoms with van der Waals surface area (Å²) in [5.41, 5.74) is 0. The third kappa shape index (κ3) is 43.2. The van der Waals surface area contributed by atoms with Crippen molar-refractivity contribution >= 4 is 46.7 Å². The zero-order valence-corrected chi connectivity index (χ0v) is 49.5. The molecule has 0 radical (unpaired) electrons. The fraction of sp³-hybridized carbons (Fsp3) is 0.933. The van der Waals surface area contributed by atoms with Crippen LogP contribution >= 0.6 is 24.4 Å². The summed E-state index contributed by atoms with van der Waals surface area (Å²) < 4.78 is 36.6. The van der Waals surface area contributed by atoms with Crippen LogP contribution in [0.1, 0.15) is 258 Å². The van der Waals surface area contributed by atoms with Gasteiger partial charge in [0.25, 0.3) is 10.3 Å². The van der Waals surface area contributed by atoms with Gasteiger partial charge in [-0.05, 0) is 141 Å². The Bertz CT molecular complexity index is 1210. The van der Waals surface area contributed by atoms with Gasteiger partial charge in [0.15, 0.2) is 12.2 Å². The van der Waals surface area contributed by atoms with Gasteiger partial charge < -0.3 is 48.9 Å². The molecule has 74 heavy (non-hydrogen) atoms. The van der Waals surface area contributed by atoms with Crippen LogP contribution in [0.4, 0.5) is 0 Å². The number of thiocarbonyl (C=S) groups is 2. The monoisotopic (exact) mass is 1080 g/mol. The standard InChI is InChI=1S/C60H114N4O8S2/c1-3-5-7-9-11-13-15-19-27-39-57(65)69-51-35-23-17-21-33-49-67-53-55(71-59(73)61-41-37-47-63-43-29-25-30-44-63)56(72-60(74)62-42-38-48-64-45-31-26-32-46-64)54-68-50-34-22-18-24-36-52-70-58(66)40-28-20-16-14-12-10-8-6-4-2/h55-56H,3-54H2,1-2H3,(H,61,73)(H,62,74). The second-order valence-corrected chi connectivity index (χ2v) is 22.3. The van der Waals surface area contributed by atoms with E-state index in [1.165, 1.54) is 155 Å². The van der Waals surface area contributed by atoms with Crippen molar-refractivity contribution in [1.82, 2.24) is 20.4 Å². The number of rotatable bonds is 51. The first kappa shape index (κ1) is 68.3. The first-order valence-corrected chi connectivity index (χ1v) is 32.0. The molecule has 0 aliphatic carbocycles. The van der Waals surface area contributed by atoms with Gasteiger partial charge in [0.05, 0.1) is 26.4 Å². The highest BCUT2D eigenvalue weighted by atomic mass is 32.1. The van der Waals surface area contributed by atoms with Gasteiger partial charge in [-0.3, -0.25) is 9.59 Å². The van der Waals surface area contributed by atoms with E-state index in [2.05, 4.69) is 34.3 Å². The van der Waals surface area contributed by atoms with E-state index >= 15 is 0 Å². The SMILES string of the molecule is CCCCCCCCCCCC(=O)OCCCCCCCOCC(OC(=S)NCCCN1CCCCC1)C(COCCCCCCCOC(=O)CCCCCCCCCCC)OC(=S)NCCCN1CCCCC1. The number of esters is 2. The Balaban J connectivity index is 1.79. The van der Waals surface area contributed by atoms with Crippen LogP contribution in [0.5, 0.6) is 0 Å². The Hall–Kier alpha value is -1.84. The molecule has 0 saturated carbocycles. The van der Waals surface area contributed by atoms with Crippen molar-refractivity contribution in [2.24, 2.45) is 0 Å². The molecule has 0 aromatic heterocycles. The van der Waals surface area contributed by atoms with Crippen LogP contribution in [-0.4, -0.2) is 136 Å². The summed E-state index contributed by atoms with van der Waals surface area (Å²) in [6.45, 7) is 15.6. The largest absolute Gasteiger partial charge is 0.466 e. The predicted molar refractivity (Wildman–Crippen MR) is 314 cm³/mol. The Kier molecular flexibility index (Phi) is 47.9. The van der Waals surface area contributed by atoms with Crippen molar-refractivity contribution in [3.8, 4) is 0 Å². The van der Waals surface area contributed by atoms with Crippen LogP contribution in [0.3, 0.4) is 0 Å². The Morgan fingerprint density at radius 1 is 0.405 bits per heavy atom.